The van der Waals surface area contributed by atoms with Crippen LogP contribution < -0.4 is 0 Å². The van der Waals surface area contributed by atoms with Crippen molar-refractivity contribution in [2.75, 3.05) is 13.1 Å². The molecule has 5 nitrogen and oxygen atoms in total. The number of piperidine rings is 1. The molecule has 6 heteroatoms. The second kappa shape index (κ2) is 8.10. The second-order valence-electron chi connectivity index (χ2n) is 9.96. The Morgan fingerprint density at radius 3 is 2.60 bits per heavy atom. The van der Waals surface area contributed by atoms with E-state index in [0.717, 1.165) is 61.6 Å². The molecule has 4 atom stereocenters. The lowest BCUT2D eigenvalue weighted by Gasteiger charge is -2.35. The van der Waals surface area contributed by atoms with Gasteiger partial charge in [0.05, 0.1) is 5.04 Å². The highest BCUT2D eigenvalue weighted by molar-refractivity contribution is 8.16. The van der Waals surface area contributed by atoms with Crippen LogP contribution in [0.5, 0.6) is 0 Å². The van der Waals surface area contributed by atoms with E-state index in [4.69, 9.17) is 0 Å². The SMILES string of the molecule is CC1(CC2CCN(C(=O)c3ccncc3)CC2)SC(C[C@H]2C[C@@H]3CC[C@H]2C3)=NC1=O. The van der Waals surface area contributed by atoms with Crippen molar-refractivity contribution in [1.82, 2.24) is 9.88 Å². The van der Waals surface area contributed by atoms with Crippen molar-refractivity contribution in [1.29, 1.82) is 0 Å². The van der Waals surface area contributed by atoms with Gasteiger partial charge in [-0.25, -0.2) is 4.99 Å². The van der Waals surface area contributed by atoms with E-state index < -0.39 is 4.75 Å². The largest absolute Gasteiger partial charge is 0.339 e. The molecule has 4 aliphatic rings. The van der Waals surface area contributed by atoms with E-state index in [2.05, 4.69) is 16.9 Å². The summed E-state index contributed by atoms with van der Waals surface area (Å²) < 4.78 is -0.408. The maximum Gasteiger partial charge on any atom is 0.262 e. The number of carbonyl (C=O) groups excluding carboxylic acids is 2. The van der Waals surface area contributed by atoms with Crippen LogP contribution in [-0.4, -0.2) is 44.6 Å². The van der Waals surface area contributed by atoms with Gasteiger partial charge in [0.25, 0.3) is 11.8 Å². The summed E-state index contributed by atoms with van der Waals surface area (Å²) >= 11 is 1.75. The third-order valence-corrected chi connectivity index (χ3v) is 9.14. The molecule has 30 heavy (non-hydrogen) atoms. The molecule has 2 bridgehead atoms. The number of likely N-dealkylation sites (tertiary alicyclic amines) is 1. The lowest BCUT2D eigenvalue weighted by Crippen LogP contribution is -2.40. The van der Waals surface area contributed by atoms with Crippen LogP contribution in [0.4, 0.5) is 0 Å². The van der Waals surface area contributed by atoms with Gasteiger partial charge in [0.2, 0.25) is 0 Å². The van der Waals surface area contributed by atoms with Crippen molar-refractivity contribution in [3.63, 3.8) is 0 Å². The Bertz CT molecular complexity index is 849. The van der Waals surface area contributed by atoms with Gasteiger partial charge in [0, 0.05) is 31.0 Å². The highest BCUT2D eigenvalue weighted by atomic mass is 32.2. The maximum absolute atomic E-state index is 12.8. The van der Waals surface area contributed by atoms with Crippen LogP contribution in [0.2, 0.25) is 0 Å². The van der Waals surface area contributed by atoms with E-state index in [1.54, 1.807) is 36.3 Å². The molecule has 160 valence electrons. The summed E-state index contributed by atoms with van der Waals surface area (Å²) in [6, 6.07) is 3.55. The quantitative estimate of drug-likeness (QED) is 0.693. The molecule has 3 heterocycles. The van der Waals surface area contributed by atoms with Crippen molar-refractivity contribution in [2.24, 2.45) is 28.7 Å². The number of aliphatic imine (C=N–C) groups is 1. The fourth-order valence-electron chi connectivity index (χ4n) is 6.19. The Balaban J connectivity index is 1.13. The molecule has 0 N–H and O–H groups in total. The molecule has 0 radical (unpaired) electrons. The van der Waals surface area contributed by atoms with Gasteiger partial charge >= 0.3 is 0 Å². The highest BCUT2D eigenvalue weighted by Gasteiger charge is 2.45. The molecular weight excluding hydrogens is 394 g/mol. The van der Waals surface area contributed by atoms with Crippen LogP contribution in [0.3, 0.4) is 0 Å². The van der Waals surface area contributed by atoms with Gasteiger partial charge in [0.1, 0.15) is 4.75 Å². The molecule has 1 unspecified atom stereocenters. The topological polar surface area (TPSA) is 62.6 Å². The van der Waals surface area contributed by atoms with Crippen molar-refractivity contribution >= 4 is 28.6 Å². The third-order valence-electron chi connectivity index (χ3n) is 7.85. The van der Waals surface area contributed by atoms with Crippen LogP contribution in [-0.2, 0) is 4.79 Å². The number of rotatable bonds is 5. The fraction of sp³-hybridized carbons (Fsp3) is 0.667. The smallest absolute Gasteiger partial charge is 0.262 e. The zero-order valence-corrected chi connectivity index (χ0v) is 18.6. The first-order valence-corrected chi connectivity index (χ1v) is 12.3. The first-order valence-electron chi connectivity index (χ1n) is 11.5. The summed E-state index contributed by atoms with van der Waals surface area (Å²) in [5, 5.41) is 1.09. The molecule has 0 spiro atoms. The minimum atomic E-state index is -0.408. The molecule has 2 saturated carbocycles. The monoisotopic (exact) mass is 425 g/mol. The van der Waals surface area contributed by atoms with Gasteiger partial charge < -0.3 is 4.90 Å². The summed E-state index contributed by atoms with van der Waals surface area (Å²) in [7, 11) is 0. The van der Waals surface area contributed by atoms with E-state index in [0.29, 0.717) is 11.5 Å². The molecule has 3 fully saturated rings. The van der Waals surface area contributed by atoms with Gasteiger partial charge in [-0.05, 0) is 87.7 Å². The summed E-state index contributed by atoms with van der Waals surface area (Å²) in [4.78, 5) is 35.9. The zero-order chi connectivity index (χ0) is 20.7. The van der Waals surface area contributed by atoms with Gasteiger partial charge in [-0.2, -0.15) is 0 Å². The minimum absolute atomic E-state index is 0.0703. The van der Waals surface area contributed by atoms with Gasteiger partial charge in [-0.3, -0.25) is 14.6 Å². The van der Waals surface area contributed by atoms with Crippen LogP contribution in [0.1, 0.15) is 68.6 Å². The first kappa shape index (κ1) is 20.2. The summed E-state index contributed by atoms with van der Waals surface area (Å²) in [5.74, 6) is 3.21. The van der Waals surface area contributed by atoms with E-state index in [9.17, 15) is 9.59 Å². The fourth-order valence-corrected chi connectivity index (χ4v) is 7.59. The van der Waals surface area contributed by atoms with Gasteiger partial charge in [-0.15, -0.1) is 0 Å². The third kappa shape index (κ3) is 3.95. The summed E-state index contributed by atoms with van der Waals surface area (Å²) in [6.45, 7) is 3.62. The molecule has 1 aromatic heterocycles. The molecule has 2 aliphatic heterocycles. The predicted octanol–water partition coefficient (Wildman–Crippen LogP) is 4.58. The molecule has 2 amide bonds. The van der Waals surface area contributed by atoms with Gasteiger partial charge in [0.15, 0.2) is 0 Å². The van der Waals surface area contributed by atoms with Gasteiger partial charge in [-0.1, -0.05) is 18.2 Å². The number of carbonyl (C=O) groups is 2. The Morgan fingerprint density at radius 2 is 1.93 bits per heavy atom. The molecule has 0 aromatic carbocycles. The number of nitrogens with zero attached hydrogens (tertiary/aromatic N) is 3. The van der Waals surface area contributed by atoms with Crippen molar-refractivity contribution in [3.8, 4) is 0 Å². The highest BCUT2D eigenvalue weighted by Crippen LogP contribution is 2.51. The molecule has 1 aromatic rings. The van der Waals surface area contributed by atoms with E-state index >= 15 is 0 Å². The summed E-state index contributed by atoms with van der Waals surface area (Å²) in [5.41, 5.74) is 0.704. The Kier molecular flexibility index (Phi) is 5.46. The molecule has 1 saturated heterocycles. The number of aromatic nitrogens is 1. The van der Waals surface area contributed by atoms with Crippen LogP contribution in [0.25, 0.3) is 0 Å². The Labute approximate surface area is 183 Å². The molecular formula is C24H31N3O2S. The lowest BCUT2D eigenvalue weighted by molar-refractivity contribution is -0.119. The number of amides is 2. The predicted molar refractivity (Wildman–Crippen MR) is 119 cm³/mol. The molecule has 2 aliphatic carbocycles. The lowest BCUT2D eigenvalue weighted by atomic mass is 9.86. The summed E-state index contributed by atoms with van der Waals surface area (Å²) in [6.07, 6.45) is 12.7. The van der Waals surface area contributed by atoms with E-state index in [-0.39, 0.29) is 11.8 Å². The average molecular weight is 426 g/mol. The Morgan fingerprint density at radius 1 is 1.17 bits per heavy atom. The average Bonchev–Trinajstić information content (AvgIpc) is 3.44. The number of fused-ring (bicyclic) bond motifs is 2. The Hall–Kier alpha value is -1.69. The number of hydrogen-bond acceptors (Lipinski definition) is 4. The second-order valence-corrected chi connectivity index (χ2v) is 11.5. The number of hydrogen-bond donors (Lipinski definition) is 0. The van der Waals surface area contributed by atoms with Crippen LogP contribution >= 0.6 is 11.8 Å². The van der Waals surface area contributed by atoms with Crippen molar-refractivity contribution < 1.29 is 9.59 Å². The van der Waals surface area contributed by atoms with Crippen LogP contribution in [0.15, 0.2) is 29.5 Å². The normalized spacial score (nSPS) is 33.9. The van der Waals surface area contributed by atoms with E-state index in [1.165, 1.54) is 25.7 Å². The minimum Gasteiger partial charge on any atom is -0.339 e. The number of pyridine rings is 1. The van der Waals surface area contributed by atoms with Crippen molar-refractivity contribution in [2.45, 2.75) is 63.0 Å². The number of thioether (sulfide) groups is 1. The maximum atomic E-state index is 12.8. The zero-order valence-electron chi connectivity index (χ0n) is 17.8. The van der Waals surface area contributed by atoms with E-state index in [1.807, 2.05) is 4.90 Å². The first-order chi connectivity index (χ1) is 14.5. The standard InChI is InChI=1S/C24H31N3O2S/c1-24(23(29)26-21(30-24)14-20-13-17-2-3-19(20)12-17)15-16-6-10-27(11-7-16)22(28)18-4-8-25-9-5-18/h4-5,8-9,16-17,19-20H,2-3,6-7,10-15H2,1H3/t17-,19+,20-,24?/m1/s1. The van der Waals surface area contributed by atoms with Crippen LogP contribution in [0, 0.1) is 23.7 Å². The molecule has 5 rings (SSSR count). The van der Waals surface area contributed by atoms with Crippen molar-refractivity contribution in [3.05, 3.63) is 30.1 Å².